The lowest BCUT2D eigenvalue weighted by Gasteiger charge is -2.20. The molecule has 6 heteroatoms. The Morgan fingerprint density at radius 3 is 3.00 bits per heavy atom. The number of hydrogen-bond acceptors (Lipinski definition) is 4. The predicted molar refractivity (Wildman–Crippen MR) is 97.1 cm³/mol. The number of H-pyrrole nitrogens is 1. The van der Waals surface area contributed by atoms with E-state index >= 15 is 0 Å². The van der Waals surface area contributed by atoms with Gasteiger partial charge in [0.15, 0.2) is 0 Å². The molecule has 1 aliphatic heterocycles. The average molecular weight is 350 g/mol. The molecule has 3 heterocycles. The number of carbonyl (C=O) groups is 1. The fourth-order valence-electron chi connectivity index (χ4n) is 3.05. The highest BCUT2D eigenvalue weighted by Crippen LogP contribution is 2.36. The first kappa shape index (κ1) is 16.6. The van der Waals surface area contributed by atoms with Crippen LogP contribution in [0.2, 0.25) is 0 Å². The standard InChI is InChI=1S/C17H23N3OS2/c1-12-14(13(2)19-18-12)5-6-17(21)20-8-7-16(23-11-9-20)15-4-3-10-22-15/h3-4,10,16H,5-9,11H2,1-2H3,(H,18,19). The molecular weight excluding hydrogens is 326 g/mol. The van der Waals surface area contributed by atoms with Gasteiger partial charge in [0.25, 0.3) is 0 Å². The van der Waals surface area contributed by atoms with Gasteiger partial charge in [0.1, 0.15) is 0 Å². The van der Waals surface area contributed by atoms with E-state index in [9.17, 15) is 4.79 Å². The molecule has 23 heavy (non-hydrogen) atoms. The Morgan fingerprint density at radius 2 is 2.30 bits per heavy atom. The molecule has 0 saturated carbocycles. The Bertz CT molecular complexity index is 631. The molecule has 0 radical (unpaired) electrons. The van der Waals surface area contributed by atoms with Crippen molar-refractivity contribution in [1.82, 2.24) is 15.1 Å². The zero-order chi connectivity index (χ0) is 16.2. The summed E-state index contributed by atoms with van der Waals surface area (Å²) in [5, 5.41) is 9.89. The second-order valence-electron chi connectivity index (χ2n) is 5.96. The lowest BCUT2D eigenvalue weighted by atomic mass is 10.1. The molecule has 2 aromatic rings. The minimum atomic E-state index is 0.275. The molecule has 1 atom stereocenters. The summed E-state index contributed by atoms with van der Waals surface area (Å²) >= 11 is 3.81. The number of nitrogens with one attached hydrogen (secondary N) is 1. The Balaban J connectivity index is 1.54. The van der Waals surface area contributed by atoms with Crippen LogP contribution in [0.15, 0.2) is 17.5 Å². The number of aromatic nitrogens is 2. The molecule has 1 aliphatic rings. The van der Waals surface area contributed by atoms with Gasteiger partial charge in [0, 0.05) is 41.1 Å². The van der Waals surface area contributed by atoms with Crippen LogP contribution < -0.4 is 0 Å². The minimum absolute atomic E-state index is 0.275. The van der Waals surface area contributed by atoms with Gasteiger partial charge in [-0.25, -0.2) is 0 Å². The third-order valence-corrected chi connectivity index (χ3v) is 6.87. The van der Waals surface area contributed by atoms with Crippen molar-refractivity contribution in [3.05, 3.63) is 39.3 Å². The molecule has 1 amide bonds. The van der Waals surface area contributed by atoms with Crippen molar-refractivity contribution < 1.29 is 4.79 Å². The van der Waals surface area contributed by atoms with E-state index in [1.165, 1.54) is 10.4 Å². The largest absolute Gasteiger partial charge is 0.342 e. The topological polar surface area (TPSA) is 49.0 Å². The van der Waals surface area contributed by atoms with Crippen LogP contribution in [0.4, 0.5) is 0 Å². The first-order chi connectivity index (χ1) is 11.1. The molecule has 1 saturated heterocycles. The van der Waals surface area contributed by atoms with E-state index in [0.717, 1.165) is 43.1 Å². The maximum atomic E-state index is 12.6. The number of amides is 1. The van der Waals surface area contributed by atoms with Crippen molar-refractivity contribution in [1.29, 1.82) is 0 Å². The molecule has 0 aromatic carbocycles. The summed E-state index contributed by atoms with van der Waals surface area (Å²) in [6.45, 7) is 5.76. The zero-order valence-electron chi connectivity index (χ0n) is 13.7. The van der Waals surface area contributed by atoms with Gasteiger partial charge in [-0.2, -0.15) is 16.9 Å². The second kappa shape index (κ2) is 7.53. The smallest absolute Gasteiger partial charge is 0.222 e. The van der Waals surface area contributed by atoms with E-state index in [-0.39, 0.29) is 5.91 Å². The van der Waals surface area contributed by atoms with Crippen LogP contribution in [0.1, 0.15) is 39.9 Å². The highest BCUT2D eigenvalue weighted by atomic mass is 32.2. The summed E-state index contributed by atoms with van der Waals surface area (Å²) in [7, 11) is 0. The number of nitrogens with zero attached hydrogens (tertiary/aromatic N) is 2. The first-order valence-electron chi connectivity index (χ1n) is 8.08. The number of aryl methyl sites for hydroxylation is 2. The number of aromatic amines is 1. The lowest BCUT2D eigenvalue weighted by Crippen LogP contribution is -2.33. The molecule has 1 unspecified atom stereocenters. The van der Waals surface area contributed by atoms with Crippen molar-refractivity contribution >= 4 is 29.0 Å². The Kier molecular flexibility index (Phi) is 5.43. The van der Waals surface area contributed by atoms with Crippen LogP contribution in [-0.2, 0) is 11.2 Å². The summed E-state index contributed by atoms with van der Waals surface area (Å²) in [5.74, 6) is 1.30. The number of carbonyl (C=O) groups excluding carboxylic acids is 1. The Hall–Kier alpha value is -1.27. The second-order valence-corrected chi connectivity index (χ2v) is 8.25. The summed E-state index contributed by atoms with van der Waals surface area (Å²) in [5.41, 5.74) is 3.29. The molecule has 2 aromatic heterocycles. The van der Waals surface area contributed by atoms with Crippen LogP contribution in [0, 0.1) is 13.8 Å². The van der Waals surface area contributed by atoms with Gasteiger partial charge in [-0.1, -0.05) is 6.07 Å². The lowest BCUT2D eigenvalue weighted by molar-refractivity contribution is -0.130. The number of rotatable bonds is 4. The first-order valence-corrected chi connectivity index (χ1v) is 10.0. The van der Waals surface area contributed by atoms with E-state index in [1.54, 1.807) is 0 Å². The summed E-state index contributed by atoms with van der Waals surface area (Å²) < 4.78 is 0. The van der Waals surface area contributed by atoms with Crippen LogP contribution in [-0.4, -0.2) is 39.8 Å². The molecule has 1 fully saturated rings. The maximum Gasteiger partial charge on any atom is 0.222 e. The van der Waals surface area contributed by atoms with Crippen molar-refractivity contribution in [3.63, 3.8) is 0 Å². The Labute approximate surface area is 145 Å². The minimum Gasteiger partial charge on any atom is -0.342 e. The van der Waals surface area contributed by atoms with Crippen molar-refractivity contribution in [2.45, 2.75) is 38.4 Å². The van der Waals surface area contributed by atoms with Gasteiger partial charge in [0.05, 0.1) is 5.69 Å². The van der Waals surface area contributed by atoms with Crippen LogP contribution in [0.25, 0.3) is 0 Å². The van der Waals surface area contributed by atoms with Gasteiger partial charge < -0.3 is 4.90 Å². The number of thioether (sulfide) groups is 1. The van der Waals surface area contributed by atoms with E-state index in [1.807, 2.05) is 41.8 Å². The summed E-state index contributed by atoms with van der Waals surface area (Å²) in [4.78, 5) is 16.0. The van der Waals surface area contributed by atoms with Crippen LogP contribution in [0.3, 0.4) is 0 Å². The van der Waals surface area contributed by atoms with E-state index < -0.39 is 0 Å². The molecule has 3 rings (SSSR count). The van der Waals surface area contributed by atoms with Gasteiger partial charge in [-0.05, 0) is 43.7 Å². The van der Waals surface area contributed by atoms with Gasteiger partial charge in [0.2, 0.25) is 5.91 Å². The predicted octanol–water partition coefficient (Wildman–Crippen LogP) is 3.73. The average Bonchev–Trinajstić information content (AvgIpc) is 3.10. The molecule has 4 nitrogen and oxygen atoms in total. The van der Waals surface area contributed by atoms with Crippen LogP contribution >= 0.6 is 23.1 Å². The maximum absolute atomic E-state index is 12.6. The van der Waals surface area contributed by atoms with Crippen molar-refractivity contribution in [2.24, 2.45) is 0 Å². The molecule has 0 aliphatic carbocycles. The monoisotopic (exact) mass is 349 g/mol. The SMILES string of the molecule is Cc1n[nH]c(C)c1CCC(=O)N1CCSC(c2cccs2)CC1. The van der Waals surface area contributed by atoms with E-state index in [0.29, 0.717) is 11.7 Å². The highest BCUT2D eigenvalue weighted by Gasteiger charge is 2.22. The highest BCUT2D eigenvalue weighted by molar-refractivity contribution is 7.99. The molecule has 0 spiro atoms. The third-order valence-electron chi connectivity index (χ3n) is 4.42. The van der Waals surface area contributed by atoms with Crippen molar-refractivity contribution in [3.8, 4) is 0 Å². The third kappa shape index (κ3) is 3.98. The van der Waals surface area contributed by atoms with Gasteiger partial charge in [-0.15, -0.1) is 11.3 Å². The molecule has 124 valence electrons. The molecule has 0 bridgehead atoms. The van der Waals surface area contributed by atoms with Crippen molar-refractivity contribution in [2.75, 3.05) is 18.8 Å². The normalized spacial score (nSPS) is 18.9. The van der Waals surface area contributed by atoms with Gasteiger partial charge in [-0.3, -0.25) is 9.89 Å². The van der Waals surface area contributed by atoms with Gasteiger partial charge >= 0.3 is 0 Å². The fourth-order valence-corrected chi connectivity index (χ4v) is 5.29. The van der Waals surface area contributed by atoms with E-state index in [4.69, 9.17) is 0 Å². The number of thiophene rings is 1. The van der Waals surface area contributed by atoms with E-state index in [2.05, 4.69) is 27.7 Å². The zero-order valence-corrected chi connectivity index (χ0v) is 15.3. The quantitative estimate of drug-likeness (QED) is 0.915. The molecular formula is C17H23N3OS2. The molecule has 1 N–H and O–H groups in total. The summed E-state index contributed by atoms with van der Waals surface area (Å²) in [6, 6.07) is 4.33. The Morgan fingerprint density at radius 1 is 1.43 bits per heavy atom. The van der Waals surface area contributed by atoms with Crippen LogP contribution in [0.5, 0.6) is 0 Å². The fraction of sp³-hybridized carbons (Fsp3) is 0.529. The number of hydrogen-bond donors (Lipinski definition) is 1. The summed E-state index contributed by atoms with van der Waals surface area (Å²) in [6.07, 6.45) is 2.42.